The number of carbonyl (C=O) groups excluding carboxylic acids is 1. The highest BCUT2D eigenvalue weighted by molar-refractivity contribution is 5.78. The summed E-state index contributed by atoms with van der Waals surface area (Å²) in [6, 6.07) is 7.83. The van der Waals surface area contributed by atoms with Gasteiger partial charge in [0.1, 0.15) is 5.75 Å². The number of nitrogens with zero attached hydrogens (tertiary/aromatic N) is 1. The zero-order valence-corrected chi connectivity index (χ0v) is 14.5. The number of amides is 1. The van der Waals surface area contributed by atoms with Crippen molar-refractivity contribution in [2.45, 2.75) is 57.9 Å². The average molecular weight is 333 g/mol. The summed E-state index contributed by atoms with van der Waals surface area (Å²) in [7, 11) is 0. The van der Waals surface area contributed by atoms with Crippen molar-refractivity contribution in [3.05, 3.63) is 29.8 Å². The van der Waals surface area contributed by atoms with Crippen molar-refractivity contribution < 1.29 is 19.4 Å². The summed E-state index contributed by atoms with van der Waals surface area (Å²) in [6.07, 6.45) is 3.51. The molecule has 1 aromatic carbocycles. The Morgan fingerprint density at radius 3 is 2.83 bits per heavy atom. The number of carboxylic acids is 1. The lowest BCUT2D eigenvalue weighted by molar-refractivity contribution is -0.141. The Bertz CT molecular complexity index is 570. The van der Waals surface area contributed by atoms with Crippen molar-refractivity contribution in [2.24, 2.45) is 0 Å². The van der Waals surface area contributed by atoms with Crippen molar-refractivity contribution >= 4 is 11.9 Å². The van der Waals surface area contributed by atoms with E-state index in [-0.39, 0.29) is 25.0 Å². The van der Waals surface area contributed by atoms with Crippen LogP contribution < -0.4 is 4.74 Å². The molecule has 0 aliphatic carbocycles. The third-order valence-corrected chi connectivity index (χ3v) is 4.53. The largest absolute Gasteiger partial charge is 0.484 e. The molecule has 1 N–H and O–H groups in total. The lowest BCUT2D eigenvalue weighted by atomic mass is 9.98. The molecule has 0 radical (unpaired) electrons. The van der Waals surface area contributed by atoms with Gasteiger partial charge >= 0.3 is 5.97 Å². The van der Waals surface area contributed by atoms with E-state index in [0.717, 1.165) is 19.3 Å². The third kappa shape index (κ3) is 5.25. The van der Waals surface area contributed by atoms with Crippen LogP contribution in [0.3, 0.4) is 0 Å². The maximum absolute atomic E-state index is 12.5. The van der Waals surface area contributed by atoms with E-state index < -0.39 is 5.97 Å². The van der Waals surface area contributed by atoms with Crippen molar-refractivity contribution in [1.82, 2.24) is 4.90 Å². The van der Waals surface area contributed by atoms with Crippen LogP contribution in [0.1, 0.15) is 57.4 Å². The third-order valence-electron chi connectivity index (χ3n) is 4.53. The average Bonchev–Trinajstić information content (AvgIpc) is 2.58. The van der Waals surface area contributed by atoms with E-state index in [4.69, 9.17) is 9.84 Å². The number of hydrogen-bond donors (Lipinski definition) is 1. The molecular formula is C19H27NO4. The Labute approximate surface area is 143 Å². The second kappa shape index (κ2) is 8.71. The van der Waals surface area contributed by atoms with E-state index in [9.17, 15) is 9.59 Å². The minimum Gasteiger partial charge on any atom is -0.484 e. The van der Waals surface area contributed by atoms with E-state index in [1.54, 1.807) is 4.90 Å². The van der Waals surface area contributed by atoms with Crippen LogP contribution in [0.15, 0.2) is 24.3 Å². The lowest BCUT2D eigenvalue weighted by Gasteiger charge is -2.35. The minimum absolute atomic E-state index is 0.00508. The highest BCUT2D eigenvalue weighted by Gasteiger charge is 2.27. The van der Waals surface area contributed by atoms with Gasteiger partial charge < -0.3 is 14.7 Å². The Morgan fingerprint density at radius 1 is 1.33 bits per heavy atom. The number of hydrogen-bond acceptors (Lipinski definition) is 3. The van der Waals surface area contributed by atoms with Crippen LogP contribution in [-0.2, 0) is 9.59 Å². The molecule has 1 fully saturated rings. The summed E-state index contributed by atoms with van der Waals surface area (Å²) >= 11 is 0. The summed E-state index contributed by atoms with van der Waals surface area (Å²) in [5.41, 5.74) is 1.18. The molecule has 0 saturated carbocycles. The van der Waals surface area contributed by atoms with Crippen LogP contribution in [0.4, 0.5) is 0 Å². The van der Waals surface area contributed by atoms with Crippen molar-refractivity contribution in [3.8, 4) is 5.75 Å². The molecule has 0 bridgehead atoms. The molecule has 2 rings (SSSR count). The zero-order valence-electron chi connectivity index (χ0n) is 14.5. The first-order valence-corrected chi connectivity index (χ1v) is 8.71. The highest BCUT2D eigenvalue weighted by atomic mass is 16.5. The van der Waals surface area contributed by atoms with E-state index in [2.05, 4.69) is 13.8 Å². The molecule has 0 spiro atoms. The Balaban J connectivity index is 1.92. The van der Waals surface area contributed by atoms with E-state index in [1.807, 2.05) is 24.3 Å². The molecule has 24 heavy (non-hydrogen) atoms. The van der Waals surface area contributed by atoms with Gasteiger partial charge in [0.2, 0.25) is 0 Å². The quantitative estimate of drug-likeness (QED) is 0.830. The molecule has 1 aliphatic rings. The van der Waals surface area contributed by atoms with Crippen LogP contribution >= 0.6 is 0 Å². The number of likely N-dealkylation sites (tertiary alicyclic amines) is 1. The predicted octanol–water partition coefficient (Wildman–Crippen LogP) is 3.43. The van der Waals surface area contributed by atoms with Gasteiger partial charge in [0.15, 0.2) is 6.61 Å². The van der Waals surface area contributed by atoms with E-state index in [0.29, 0.717) is 24.6 Å². The molecule has 132 valence electrons. The van der Waals surface area contributed by atoms with Gasteiger partial charge in [0, 0.05) is 19.0 Å². The number of carbonyl (C=O) groups is 2. The molecule has 1 atom stereocenters. The first kappa shape index (κ1) is 18.3. The maximum Gasteiger partial charge on any atom is 0.303 e. The van der Waals surface area contributed by atoms with Crippen LogP contribution in [0.2, 0.25) is 0 Å². The first-order chi connectivity index (χ1) is 11.5. The second-order valence-corrected chi connectivity index (χ2v) is 6.69. The van der Waals surface area contributed by atoms with Gasteiger partial charge in [-0.1, -0.05) is 26.0 Å². The van der Waals surface area contributed by atoms with Gasteiger partial charge in [-0.2, -0.15) is 0 Å². The normalized spacial score (nSPS) is 17.8. The van der Waals surface area contributed by atoms with Gasteiger partial charge in [-0.05, 0) is 49.3 Å². The Morgan fingerprint density at radius 2 is 2.12 bits per heavy atom. The summed E-state index contributed by atoms with van der Waals surface area (Å²) < 4.78 is 5.68. The highest BCUT2D eigenvalue weighted by Crippen LogP contribution is 2.23. The molecule has 5 nitrogen and oxygen atoms in total. The molecule has 1 unspecified atom stereocenters. The topological polar surface area (TPSA) is 66.8 Å². The molecule has 0 aromatic heterocycles. The molecule has 1 heterocycles. The molecule has 5 heteroatoms. The number of ether oxygens (including phenoxy) is 1. The number of carboxylic acid groups (broad SMARTS) is 1. The van der Waals surface area contributed by atoms with Crippen molar-refractivity contribution in [2.75, 3.05) is 13.2 Å². The molecule has 1 aromatic rings. The zero-order chi connectivity index (χ0) is 17.5. The van der Waals surface area contributed by atoms with Gasteiger partial charge in [-0.15, -0.1) is 0 Å². The van der Waals surface area contributed by atoms with Gasteiger partial charge in [-0.3, -0.25) is 9.59 Å². The number of benzene rings is 1. The van der Waals surface area contributed by atoms with Gasteiger partial charge in [-0.25, -0.2) is 0 Å². The fourth-order valence-electron chi connectivity index (χ4n) is 3.11. The number of aliphatic carboxylic acids is 1. The number of rotatable bonds is 7. The fraction of sp³-hybridized carbons (Fsp3) is 0.579. The van der Waals surface area contributed by atoms with Gasteiger partial charge in [0.05, 0.1) is 0 Å². The summed E-state index contributed by atoms with van der Waals surface area (Å²) in [5.74, 6) is 0.246. The van der Waals surface area contributed by atoms with Crippen molar-refractivity contribution in [1.29, 1.82) is 0 Å². The Hall–Kier alpha value is -2.04. The summed E-state index contributed by atoms with van der Waals surface area (Å²) in [5, 5.41) is 8.86. The predicted molar refractivity (Wildman–Crippen MR) is 92.2 cm³/mol. The minimum atomic E-state index is -0.810. The van der Waals surface area contributed by atoms with Gasteiger partial charge in [0.25, 0.3) is 5.91 Å². The van der Waals surface area contributed by atoms with Crippen molar-refractivity contribution in [3.63, 3.8) is 0 Å². The lowest BCUT2D eigenvalue weighted by Crippen LogP contribution is -2.46. The standard InChI is InChI=1S/C19H27NO4/c1-14(2)15-6-5-8-17(12-15)24-13-18(21)20-11-4-3-7-16(20)9-10-19(22)23/h5-6,8,12,14,16H,3-4,7,9-11,13H2,1-2H3,(H,22,23). The molecular weight excluding hydrogens is 306 g/mol. The SMILES string of the molecule is CC(C)c1cccc(OCC(=O)N2CCCCC2CCC(=O)O)c1. The second-order valence-electron chi connectivity index (χ2n) is 6.69. The summed E-state index contributed by atoms with van der Waals surface area (Å²) in [6.45, 7) is 4.93. The molecule has 1 saturated heterocycles. The molecule has 1 amide bonds. The fourth-order valence-corrected chi connectivity index (χ4v) is 3.11. The smallest absolute Gasteiger partial charge is 0.303 e. The van der Waals surface area contributed by atoms with E-state index in [1.165, 1.54) is 5.56 Å². The Kier molecular flexibility index (Phi) is 6.64. The van der Waals surface area contributed by atoms with Crippen LogP contribution in [0.5, 0.6) is 5.75 Å². The molecule has 1 aliphatic heterocycles. The van der Waals surface area contributed by atoms with Crippen LogP contribution in [0.25, 0.3) is 0 Å². The van der Waals surface area contributed by atoms with Crippen LogP contribution in [-0.4, -0.2) is 41.1 Å². The summed E-state index contributed by atoms with van der Waals surface area (Å²) in [4.78, 5) is 25.1. The monoisotopic (exact) mass is 333 g/mol. The van der Waals surface area contributed by atoms with Crippen LogP contribution in [0, 0.1) is 0 Å². The van der Waals surface area contributed by atoms with E-state index >= 15 is 0 Å². The first-order valence-electron chi connectivity index (χ1n) is 8.71. The number of piperidine rings is 1. The maximum atomic E-state index is 12.5.